The lowest BCUT2D eigenvalue weighted by Crippen LogP contribution is -2.30. The number of H-pyrrole nitrogens is 1. The van der Waals surface area contributed by atoms with E-state index in [4.69, 9.17) is 5.11 Å². The van der Waals surface area contributed by atoms with Crippen molar-refractivity contribution in [2.45, 2.75) is 19.3 Å². The molecule has 1 saturated carbocycles. The Morgan fingerprint density at radius 1 is 1.67 bits per heavy atom. The summed E-state index contributed by atoms with van der Waals surface area (Å²) in [7, 11) is 0. The molecule has 5 heteroatoms. The maximum atomic E-state index is 11.5. The smallest absolute Gasteiger partial charge is 0.269 e. The summed E-state index contributed by atoms with van der Waals surface area (Å²) in [5.74, 6) is -0.128. The Labute approximate surface area is 87.9 Å². The van der Waals surface area contributed by atoms with Gasteiger partial charge in [-0.05, 0) is 30.7 Å². The van der Waals surface area contributed by atoms with Crippen LogP contribution in [0, 0.1) is 5.41 Å². The quantitative estimate of drug-likeness (QED) is 0.652. The molecule has 0 aliphatic heterocycles. The van der Waals surface area contributed by atoms with Crippen molar-refractivity contribution in [3.05, 3.63) is 18.0 Å². The molecule has 15 heavy (non-hydrogen) atoms. The lowest BCUT2D eigenvalue weighted by molar-refractivity contribution is 0.0936. The Bertz CT molecular complexity index is 330. The third-order valence-electron chi connectivity index (χ3n) is 2.97. The molecular weight excluding hydrogens is 194 g/mol. The van der Waals surface area contributed by atoms with Crippen LogP contribution in [0.1, 0.15) is 29.8 Å². The van der Waals surface area contributed by atoms with E-state index in [0.717, 1.165) is 19.3 Å². The molecule has 5 nitrogen and oxygen atoms in total. The predicted molar refractivity (Wildman–Crippen MR) is 54.3 cm³/mol. The van der Waals surface area contributed by atoms with Crippen LogP contribution in [0.15, 0.2) is 12.3 Å². The van der Waals surface area contributed by atoms with Gasteiger partial charge in [0, 0.05) is 19.3 Å². The molecule has 1 aliphatic rings. The molecule has 0 atom stereocenters. The number of aromatic nitrogens is 2. The van der Waals surface area contributed by atoms with Gasteiger partial charge in [0.25, 0.3) is 5.91 Å². The van der Waals surface area contributed by atoms with Gasteiger partial charge in [-0.1, -0.05) is 0 Å². The second-order valence-corrected chi connectivity index (χ2v) is 4.13. The van der Waals surface area contributed by atoms with E-state index in [0.29, 0.717) is 12.2 Å². The number of aliphatic hydroxyl groups is 1. The standard InChI is InChI=1S/C10H15N3O2/c14-6-4-10(2-3-10)7-11-9(15)8-1-5-12-13-8/h1,5,14H,2-4,6-7H2,(H,11,15)(H,12,13). The number of carbonyl (C=O) groups is 1. The van der Waals surface area contributed by atoms with Gasteiger partial charge in [-0.25, -0.2) is 0 Å². The van der Waals surface area contributed by atoms with Crippen molar-refractivity contribution in [3.63, 3.8) is 0 Å². The zero-order valence-corrected chi connectivity index (χ0v) is 8.49. The van der Waals surface area contributed by atoms with Crippen LogP contribution in [0.2, 0.25) is 0 Å². The first kappa shape index (κ1) is 10.2. The van der Waals surface area contributed by atoms with Gasteiger partial charge in [0.2, 0.25) is 0 Å². The number of nitrogens with zero attached hydrogens (tertiary/aromatic N) is 1. The summed E-state index contributed by atoms with van der Waals surface area (Å²) in [6.45, 7) is 0.839. The van der Waals surface area contributed by atoms with Crippen molar-refractivity contribution in [2.24, 2.45) is 5.41 Å². The fourth-order valence-corrected chi connectivity index (χ4v) is 1.67. The molecule has 1 aromatic rings. The SMILES string of the molecule is O=C(NCC1(CCO)CC1)c1ccn[nH]1. The molecule has 1 fully saturated rings. The molecule has 3 N–H and O–H groups in total. The Kier molecular flexibility index (Phi) is 2.73. The number of carbonyl (C=O) groups excluding carboxylic acids is 1. The monoisotopic (exact) mass is 209 g/mol. The van der Waals surface area contributed by atoms with E-state index < -0.39 is 0 Å². The average molecular weight is 209 g/mol. The maximum Gasteiger partial charge on any atom is 0.269 e. The van der Waals surface area contributed by atoms with E-state index in [1.807, 2.05) is 0 Å². The minimum absolute atomic E-state index is 0.128. The Morgan fingerprint density at radius 2 is 2.47 bits per heavy atom. The highest BCUT2D eigenvalue weighted by molar-refractivity contribution is 5.92. The van der Waals surface area contributed by atoms with Crippen LogP contribution in [-0.4, -0.2) is 34.4 Å². The topological polar surface area (TPSA) is 78.0 Å². The normalized spacial score (nSPS) is 17.4. The van der Waals surface area contributed by atoms with Gasteiger partial charge in [-0.2, -0.15) is 5.10 Å². The molecule has 0 radical (unpaired) electrons. The van der Waals surface area contributed by atoms with Gasteiger partial charge in [0.1, 0.15) is 5.69 Å². The number of amides is 1. The molecule has 82 valence electrons. The molecule has 2 rings (SSSR count). The van der Waals surface area contributed by atoms with Crippen LogP contribution in [0.3, 0.4) is 0 Å². The Morgan fingerprint density at radius 3 is 3.00 bits per heavy atom. The highest BCUT2D eigenvalue weighted by atomic mass is 16.3. The Hall–Kier alpha value is -1.36. The van der Waals surface area contributed by atoms with Crippen molar-refractivity contribution < 1.29 is 9.90 Å². The fraction of sp³-hybridized carbons (Fsp3) is 0.600. The molecule has 0 aromatic carbocycles. The number of aromatic amines is 1. The zero-order valence-electron chi connectivity index (χ0n) is 8.49. The van der Waals surface area contributed by atoms with Crippen LogP contribution in [-0.2, 0) is 0 Å². The van der Waals surface area contributed by atoms with Crippen LogP contribution in [0.4, 0.5) is 0 Å². The summed E-state index contributed by atoms with van der Waals surface area (Å²) in [5, 5.41) is 18.0. The second-order valence-electron chi connectivity index (χ2n) is 4.13. The van der Waals surface area contributed by atoms with Crippen molar-refractivity contribution in [3.8, 4) is 0 Å². The number of nitrogens with one attached hydrogen (secondary N) is 2. The van der Waals surface area contributed by atoms with Crippen LogP contribution >= 0.6 is 0 Å². The maximum absolute atomic E-state index is 11.5. The van der Waals surface area contributed by atoms with Crippen molar-refractivity contribution in [2.75, 3.05) is 13.2 Å². The van der Waals surface area contributed by atoms with Gasteiger partial charge in [0.15, 0.2) is 0 Å². The molecule has 0 saturated heterocycles. The molecule has 1 amide bonds. The third-order valence-corrected chi connectivity index (χ3v) is 2.97. The van der Waals surface area contributed by atoms with Gasteiger partial charge in [0.05, 0.1) is 0 Å². The first-order valence-corrected chi connectivity index (χ1v) is 5.14. The number of hydrogen-bond donors (Lipinski definition) is 3. The molecule has 0 bridgehead atoms. The minimum Gasteiger partial charge on any atom is -0.396 e. The summed E-state index contributed by atoms with van der Waals surface area (Å²) in [5.41, 5.74) is 0.638. The van der Waals surface area contributed by atoms with Crippen LogP contribution in [0.25, 0.3) is 0 Å². The molecule has 1 aromatic heterocycles. The summed E-state index contributed by atoms with van der Waals surface area (Å²) in [6, 6.07) is 1.64. The molecule has 1 heterocycles. The van der Waals surface area contributed by atoms with E-state index in [-0.39, 0.29) is 17.9 Å². The average Bonchev–Trinajstić information content (AvgIpc) is 2.81. The van der Waals surface area contributed by atoms with Crippen molar-refractivity contribution in [1.82, 2.24) is 15.5 Å². The van der Waals surface area contributed by atoms with Crippen LogP contribution in [0.5, 0.6) is 0 Å². The summed E-state index contributed by atoms with van der Waals surface area (Å²) in [6.07, 6.45) is 4.51. The first-order chi connectivity index (χ1) is 7.26. The van der Waals surface area contributed by atoms with Gasteiger partial charge in [-0.15, -0.1) is 0 Å². The van der Waals surface area contributed by atoms with E-state index in [9.17, 15) is 4.79 Å². The number of aliphatic hydroxyl groups excluding tert-OH is 1. The first-order valence-electron chi connectivity index (χ1n) is 5.14. The van der Waals surface area contributed by atoms with Crippen molar-refractivity contribution in [1.29, 1.82) is 0 Å². The highest BCUT2D eigenvalue weighted by Gasteiger charge is 2.41. The predicted octanol–water partition coefficient (Wildman–Crippen LogP) is 0.302. The summed E-state index contributed by atoms with van der Waals surface area (Å²) < 4.78 is 0. The highest BCUT2D eigenvalue weighted by Crippen LogP contribution is 2.47. The van der Waals surface area contributed by atoms with E-state index >= 15 is 0 Å². The lowest BCUT2D eigenvalue weighted by Gasteiger charge is -2.13. The van der Waals surface area contributed by atoms with E-state index in [2.05, 4.69) is 15.5 Å². The van der Waals surface area contributed by atoms with Gasteiger partial charge >= 0.3 is 0 Å². The number of hydrogen-bond acceptors (Lipinski definition) is 3. The Balaban J connectivity index is 1.81. The summed E-state index contributed by atoms with van der Waals surface area (Å²) >= 11 is 0. The van der Waals surface area contributed by atoms with E-state index in [1.165, 1.54) is 0 Å². The molecule has 1 aliphatic carbocycles. The van der Waals surface area contributed by atoms with Crippen LogP contribution < -0.4 is 5.32 Å². The molecule has 0 unspecified atom stereocenters. The van der Waals surface area contributed by atoms with Gasteiger partial charge < -0.3 is 10.4 Å². The largest absolute Gasteiger partial charge is 0.396 e. The van der Waals surface area contributed by atoms with Gasteiger partial charge in [-0.3, -0.25) is 9.89 Å². The lowest BCUT2D eigenvalue weighted by atomic mass is 10.0. The third kappa shape index (κ3) is 2.36. The summed E-state index contributed by atoms with van der Waals surface area (Å²) in [4.78, 5) is 11.5. The minimum atomic E-state index is -0.128. The molecule has 0 spiro atoms. The fourth-order valence-electron chi connectivity index (χ4n) is 1.67. The van der Waals surface area contributed by atoms with E-state index in [1.54, 1.807) is 12.3 Å². The zero-order chi connectivity index (χ0) is 10.7. The van der Waals surface area contributed by atoms with Crippen molar-refractivity contribution >= 4 is 5.91 Å². The second kappa shape index (κ2) is 4.02. The number of rotatable bonds is 5. The molecular formula is C10H15N3O2.